The first-order valence-corrected chi connectivity index (χ1v) is 9.23. The summed E-state index contributed by atoms with van der Waals surface area (Å²) in [5.41, 5.74) is 1.31. The molecule has 6 heteroatoms. The van der Waals surface area contributed by atoms with E-state index in [4.69, 9.17) is 4.74 Å². The van der Waals surface area contributed by atoms with Crippen molar-refractivity contribution in [1.29, 1.82) is 0 Å². The van der Waals surface area contributed by atoms with Crippen LogP contribution in [-0.2, 0) is 4.79 Å². The van der Waals surface area contributed by atoms with Crippen molar-refractivity contribution < 1.29 is 18.7 Å². The minimum Gasteiger partial charge on any atom is -0.484 e. The third-order valence-electron chi connectivity index (χ3n) is 3.95. The van der Waals surface area contributed by atoms with Crippen molar-refractivity contribution in [2.45, 2.75) is 13.0 Å². The van der Waals surface area contributed by atoms with Gasteiger partial charge in [0.2, 0.25) is 0 Å². The van der Waals surface area contributed by atoms with Crippen molar-refractivity contribution in [3.8, 4) is 5.75 Å². The van der Waals surface area contributed by atoms with E-state index >= 15 is 0 Å². The lowest BCUT2D eigenvalue weighted by Gasteiger charge is -2.18. The van der Waals surface area contributed by atoms with Crippen LogP contribution in [0.1, 0.15) is 33.8 Å². The highest BCUT2D eigenvalue weighted by atomic mass is 32.1. The van der Waals surface area contributed by atoms with Gasteiger partial charge in [0.15, 0.2) is 12.4 Å². The van der Waals surface area contributed by atoms with Crippen LogP contribution in [0.3, 0.4) is 0 Å². The first-order chi connectivity index (χ1) is 13.0. The van der Waals surface area contributed by atoms with E-state index in [1.165, 1.54) is 30.4 Å². The van der Waals surface area contributed by atoms with Crippen LogP contribution in [0.25, 0.3) is 0 Å². The molecule has 0 spiro atoms. The lowest BCUT2D eigenvalue weighted by molar-refractivity contribution is -0.123. The maximum Gasteiger partial charge on any atom is 0.258 e. The van der Waals surface area contributed by atoms with Crippen molar-refractivity contribution in [2.75, 3.05) is 6.61 Å². The Hall–Kier alpha value is -2.99. The number of nitrogens with one attached hydrogen (secondary N) is 1. The maximum atomic E-state index is 13.2. The summed E-state index contributed by atoms with van der Waals surface area (Å²) in [4.78, 5) is 24.8. The molecule has 2 aromatic carbocycles. The second kappa shape index (κ2) is 8.60. The van der Waals surface area contributed by atoms with Crippen LogP contribution in [-0.4, -0.2) is 18.3 Å². The van der Waals surface area contributed by atoms with Crippen molar-refractivity contribution >= 4 is 23.0 Å². The number of Topliss-reactive ketones (excluding diaryl/α,β-unsaturated/α-hetero) is 1. The molecule has 1 unspecified atom stereocenters. The fourth-order valence-electron chi connectivity index (χ4n) is 2.59. The molecule has 1 amide bonds. The largest absolute Gasteiger partial charge is 0.484 e. The van der Waals surface area contributed by atoms with Gasteiger partial charge in [0.05, 0.1) is 6.04 Å². The van der Waals surface area contributed by atoms with Gasteiger partial charge in [-0.2, -0.15) is 0 Å². The molecule has 0 aliphatic rings. The normalized spacial score (nSPS) is 11.6. The summed E-state index contributed by atoms with van der Waals surface area (Å²) in [6, 6.07) is 16.1. The number of thiophene rings is 1. The number of ketones is 1. The second-order valence-electron chi connectivity index (χ2n) is 5.94. The number of carbonyl (C=O) groups excluding carboxylic acids is 2. The Morgan fingerprint density at radius 3 is 2.56 bits per heavy atom. The Morgan fingerprint density at radius 1 is 1.11 bits per heavy atom. The zero-order valence-electron chi connectivity index (χ0n) is 14.6. The number of ether oxygens (including phenoxy) is 1. The molecule has 1 N–H and O–H groups in total. The highest BCUT2D eigenvalue weighted by molar-refractivity contribution is 7.10. The fourth-order valence-corrected chi connectivity index (χ4v) is 3.39. The molecule has 1 aromatic heterocycles. The molecule has 0 aliphatic heterocycles. The van der Waals surface area contributed by atoms with E-state index in [0.29, 0.717) is 11.3 Å². The van der Waals surface area contributed by atoms with Gasteiger partial charge >= 0.3 is 0 Å². The molecular weight excluding hydrogens is 365 g/mol. The minimum absolute atomic E-state index is 0.0704. The van der Waals surface area contributed by atoms with Crippen LogP contribution in [0, 0.1) is 5.82 Å². The Bertz CT molecular complexity index is 923. The van der Waals surface area contributed by atoms with Crippen LogP contribution in [0.4, 0.5) is 4.39 Å². The number of rotatable bonds is 7. The molecule has 3 aromatic rings. The van der Waals surface area contributed by atoms with E-state index in [0.717, 1.165) is 10.4 Å². The molecule has 0 radical (unpaired) electrons. The Morgan fingerprint density at radius 2 is 1.89 bits per heavy atom. The molecule has 0 saturated heterocycles. The fraction of sp³-hybridized carbons (Fsp3) is 0.143. The van der Waals surface area contributed by atoms with Gasteiger partial charge in [-0.15, -0.1) is 11.3 Å². The average molecular weight is 383 g/mol. The summed E-state index contributed by atoms with van der Waals surface area (Å²) in [5.74, 6) is -0.263. The Kier molecular flexibility index (Phi) is 5.98. The van der Waals surface area contributed by atoms with Crippen molar-refractivity contribution in [1.82, 2.24) is 5.32 Å². The quantitative estimate of drug-likeness (QED) is 0.616. The zero-order valence-corrected chi connectivity index (χ0v) is 15.5. The van der Waals surface area contributed by atoms with E-state index < -0.39 is 0 Å². The lowest BCUT2D eigenvalue weighted by Crippen LogP contribution is -2.32. The van der Waals surface area contributed by atoms with Crippen molar-refractivity contribution in [3.63, 3.8) is 0 Å². The summed E-state index contributed by atoms with van der Waals surface area (Å²) in [7, 11) is 0. The zero-order chi connectivity index (χ0) is 19.2. The molecule has 27 heavy (non-hydrogen) atoms. The lowest BCUT2D eigenvalue weighted by atomic mass is 10.1. The molecule has 0 aliphatic carbocycles. The van der Waals surface area contributed by atoms with Crippen LogP contribution in [0.15, 0.2) is 66.0 Å². The summed E-state index contributed by atoms with van der Waals surface area (Å²) in [6.45, 7) is 1.28. The van der Waals surface area contributed by atoms with Crippen LogP contribution < -0.4 is 10.1 Å². The molecular formula is C21H18FNO3S. The van der Waals surface area contributed by atoms with Gasteiger partial charge in [-0.1, -0.05) is 30.3 Å². The van der Waals surface area contributed by atoms with E-state index in [1.54, 1.807) is 36.4 Å². The third kappa shape index (κ3) is 5.01. The molecule has 0 bridgehead atoms. The minimum atomic E-state index is -0.384. The summed E-state index contributed by atoms with van der Waals surface area (Å²) >= 11 is 1.50. The SMILES string of the molecule is CC(=O)c1cccc(OCC(=O)NC(c2ccc(F)cc2)c2cccs2)c1. The van der Waals surface area contributed by atoms with Crippen molar-refractivity contribution in [3.05, 3.63) is 87.9 Å². The number of hydrogen-bond donors (Lipinski definition) is 1. The van der Waals surface area contributed by atoms with Gasteiger partial charge in [-0.05, 0) is 48.2 Å². The number of amides is 1. The number of carbonyl (C=O) groups is 2. The third-order valence-corrected chi connectivity index (χ3v) is 4.88. The van der Waals surface area contributed by atoms with Gasteiger partial charge in [0.1, 0.15) is 11.6 Å². The van der Waals surface area contributed by atoms with Crippen molar-refractivity contribution in [2.24, 2.45) is 0 Å². The van der Waals surface area contributed by atoms with Gasteiger partial charge in [0, 0.05) is 10.4 Å². The standard InChI is InChI=1S/C21H18FNO3S/c1-14(24)16-4-2-5-18(12-16)26-13-20(25)23-21(19-6-3-11-27-19)15-7-9-17(22)10-8-15/h2-12,21H,13H2,1H3,(H,23,25). The van der Waals surface area contributed by atoms with Crippen LogP contribution in [0.5, 0.6) is 5.75 Å². The molecule has 1 heterocycles. The van der Waals surface area contributed by atoms with E-state index in [2.05, 4.69) is 5.32 Å². The molecule has 4 nitrogen and oxygen atoms in total. The second-order valence-corrected chi connectivity index (χ2v) is 6.92. The summed E-state index contributed by atoms with van der Waals surface area (Å²) in [5, 5.41) is 4.84. The first kappa shape index (κ1) is 18.8. The van der Waals surface area contributed by atoms with E-state index in [9.17, 15) is 14.0 Å². The van der Waals surface area contributed by atoms with E-state index in [1.807, 2.05) is 17.5 Å². The average Bonchev–Trinajstić information content (AvgIpc) is 3.20. The van der Waals surface area contributed by atoms with Gasteiger partial charge in [0.25, 0.3) is 5.91 Å². The predicted molar refractivity (Wildman–Crippen MR) is 103 cm³/mol. The highest BCUT2D eigenvalue weighted by Crippen LogP contribution is 2.26. The summed E-state index contributed by atoms with van der Waals surface area (Å²) in [6.07, 6.45) is 0. The Balaban J connectivity index is 1.69. The molecule has 0 saturated carbocycles. The van der Waals surface area contributed by atoms with Crippen LogP contribution >= 0.6 is 11.3 Å². The molecule has 0 fully saturated rings. The topological polar surface area (TPSA) is 55.4 Å². The monoisotopic (exact) mass is 383 g/mol. The Labute approximate surface area is 160 Å². The summed E-state index contributed by atoms with van der Waals surface area (Å²) < 4.78 is 18.7. The van der Waals surface area contributed by atoms with Crippen LogP contribution in [0.2, 0.25) is 0 Å². The number of benzene rings is 2. The predicted octanol–water partition coefficient (Wildman–Crippen LogP) is 4.37. The first-order valence-electron chi connectivity index (χ1n) is 8.35. The van der Waals surface area contributed by atoms with Gasteiger partial charge in [-0.3, -0.25) is 9.59 Å². The molecule has 138 valence electrons. The van der Waals surface area contributed by atoms with Gasteiger partial charge in [-0.25, -0.2) is 4.39 Å². The number of halogens is 1. The van der Waals surface area contributed by atoms with Gasteiger partial charge < -0.3 is 10.1 Å². The molecule has 3 rings (SSSR count). The maximum absolute atomic E-state index is 13.2. The number of hydrogen-bond acceptors (Lipinski definition) is 4. The smallest absolute Gasteiger partial charge is 0.258 e. The highest BCUT2D eigenvalue weighted by Gasteiger charge is 2.18. The van der Waals surface area contributed by atoms with E-state index in [-0.39, 0.29) is 30.2 Å². The molecule has 1 atom stereocenters.